The summed E-state index contributed by atoms with van der Waals surface area (Å²) >= 11 is 6.92. The fraction of sp³-hybridized carbons (Fsp3) is 0.316. The number of alkyl halides is 3. The Morgan fingerprint density at radius 3 is 2.69 bits per heavy atom. The normalized spacial score (nSPS) is 21.7. The van der Waals surface area contributed by atoms with E-state index in [0.29, 0.717) is 5.75 Å². The van der Waals surface area contributed by atoms with Crippen molar-refractivity contribution in [2.24, 2.45) is 0 Å². The number of hydrogen-bond donors (Lipinski definition) is 1. The lowest BCUT2D eigenvalue weighted by molar-refractivity contribution is -0.137. The number of thioether (sulfide) groups is 1. The minimum atomic E-state index is -4.49. The second-order valence-electron chi connectivity index (χ2n) is 6.77. The maximum atomic E-state index is 12.8. The van der Waals surface area contributed by atoms with Crippen LogP contribution in [0.25, 0.3) is 0 Å². The molecule has 1 aromatic carbocycles. The Labute approximate surface area is 173 Å². The third kappa shape index (κ3) is 4.06. The summed E-state index contributed by atoms with van der Waals surface area (Å²) in [7, 11) is 0. The molecule has 0 radical (unpaired) electrons. The first-order chi connectivity index (χ1) is 13.7. The van der Waals surface area contributed by atoms with Gasteiger partial charge in [0.25, 0.3) is 5.24 Å². The van der Waals surface area contributed by atoms with Crippen LogP contribution in [0.1, 0.15) is 35.6 Å². The number of rotatable bonds is 3. The van der Waals surface area contributed by atoms with Crippen molar-refractivity contribution in [2.75, 3.05) is 0 Å². The number of imide groups is 1. The number of fused-ring (bicyclic) bond motifs is 1. The number of amides is 2. The van der Waals surface area contributed by atoms with Crippen LogP contribution in [-0.2, 0) is 17.4 Å². The number of hydrogen-bond acceptors (Lipinski definition) is 5. The largest absolute Gasteiger partial charge is 0.454 e. The molecular weight excluding hydrogens is 429 g/mol. The molecule has 152 valence electrons. The maximum Gasteiger partial charge on any atom is 0.416 e. The van der Waals surface area contributed by atoms with Gasteiger partial charge in [0.1, 0.15) is 16.7 Å². The van der Waals surface area contributed by atoms with Crippen molar-refractivity contribution < 1.29 is 27.5 Å². The summed E-state index contributed by atoms with van der Waals surface area (Å²) in [6.45, 7) is 0. The molecule has 1 fully saturated rings. The molecule has 2 aromatic rings. The Morgan fingerprint density at radius 1 is 1.24 bits per heavy atom. The van der Waals surface area contributed by atoms with Gasteiger partial charge in [0.05, 0.1) is 16.8 Å². The van der Waals surface area contributed by atoms with E-state index in [2.05, 4.69) is 10.3 Å². The maximum absolute atomic E-state index is 12.8. The van der Waals surface area contributed by atoms with E-state index in [1.165, 1.54) is 12.3 Å². The Bertz CT molecular complexity index is 999. The monoisotopic (exact) mass is 442 g/mol. The number of nitrogens with zero attached hydrogens (tertiary/aromatic N) is 1. The third-order valence-electron chi connectivity index (χ3n) is 4.86. The lowest BCUT2D eigenvalue weighted by atomic mass is 9.84. The van der Waals surface area contributed by atoms with Crippen LogP contribution in [0, 0.1) is 0 Å². The molecule has 1 N–H and O–H groups in total. The van der Waals surface area contributed by atoms with Gasteiger partial charge in [-0.25, -0.2) is 0 Å². The quantitative estimate of drug-likeness (QED) is 0.697. The SMILES string of the molecule is O=C1NC(=O)C([C@H]2CCCc3cc(Oc4ccc(C(F)(F)F)cc4Cl)cnc32)S1. The average Bonchev–Trinajstić information content (AvgIpc) is 3.00. The van der Waals surface area contributed by atoms with Crippen LogP contribution in [0.5, 0.6) is 11.5 Å². The van der Waals surface area contributed by atoms with E-state index in [1.54, 1.807) is 6.07 Å². The molecule has 1 aromatic heterocycles. The Kier molecular flexibility index (Phi) is 5.20. The first-order valence-electron chi connectivity index (χ1n) is 8.77. The van der Waals surface area contributed by atoms with Crippen molar-refractivity contribution in [3.8, 4) is 11.5 Å². The predicted molar refractivity (Wildman–Crippen MR) is 101 cm³/mol. The Morgan fingerprint density at radius 2 is 2.03 bits per heavy atom. The van der Waals surface area contributed by atoms with Crippen LogP contribution in [0.4, 0.5) is 18.0 Å². The zero-order chi connectivity index (χ0) is 20.8. The summed E-state index contributed by atoms with van der Waals surface area (Å²) in [5.74, 6) is -0.0637. The van der Waals surface area contributed by atoms with Gasteiger partial charge in [-0.05, 0) is 49.1 Å². The third-order valence-corrected chi connectivity index (χ3v) is 6.27. The highest BCUT2D eigenvalue weighted by Crippen LogP contribution is 2.42. The molecule has 10 heteroatoms. The van der Waals surface area contributed by atoms with Gasteiger partial charge in [-0.2, -0.15) is 13.2 Å². The molecule has 0 saturated carbocycles. The van der Waals surface area contributed by atoms with E-state index in [9.17, 15) is 22.8 Å². The van der Waals surface area contributed by atoms with Crippen LogP contribution < -0.4 is 10.1 Å². The molecule has 29 heavy (non-hydrogen) atoms. The van der Waals surface area contributed by atoms with Crippen molar-refractivity contribution in [3.05, 3.63) is 52.3 Å². The number of carbonyl (C=O) groups excluding carboxylic acids is 2. The molecule has 2 aliphatic rings. The van der Waals surface area contributed by atoms with Crippen molar-refractivity contribution in [3.63, 3.8) is 0 Å². The van der Waals surface area contributed by atoms with Gasteiger partial charge in [-0.1, -0.05) is 23.4 Å². The molecule has 2 amide bonds. The standard InChI is InChI=1S/C19H14ClF3N2O3S/c20-13-7-10(19(21,22)23)4-5-14(13)28-11-6-9-2-1-3-12(15(9)24-8-11)16-17(26)25-18(27)29-16/h4-8,12,16H,1-3H2,(H,25,26,27)/t12-,16?/m0/s1. The van der Waals surface area contributed by atoms with Gasteiger partial charge >= 0.3 is 6.18 Å². The first kappa shape index (κ1) is 20.0. The summed E-state index contributed by atoms with van der Waals surface area (Å²) in [5, 5.41) is 1.27. The number of aryl methyl sites for hydroxylation is 1. The van der Waals surface area contributed by atoms with E-state index in [0.717, 1.165) is 54.4 Å². The number of pyridine rings is 1. The molecule has 1 unspecified atom stereocenters. The summed E-state index contributed by atoms with van der Waals surface area (Å²) < 4.78 is 44.0. The van der Waals surface area contributed by atoms with Crippen molar-refractivity contribution in [2.45, 2.75) is 36.6 Å². The van der Waals surface area contributed by atoms with Crippen molar-refractivity contribution >= 4 is 34.5 Å². The second-order valence-corrected chi connectivity index (χ2v) is 8.30. The fourth-order valence-electron chi connectivity index (χ4n) is 3.55. The van der Waals surface area contributed by atoms with E-state index in [1.807, 2.05) is 0 Å². The fourth-order valence-corrected chi connectivity index (χ4v) is 4.76. The van der Waals surface area contributed by atoms with Gasteiger partial charge in [0.2, 0.25) is 5.91 Å². The number of halogens is 4. The van der Waals surface area contributed by atoms with E-state index >= 15 is 0 Å². The topological polar surface area (TPSA) is 68.3 Å². The summed E-state index contributed by atoms with van der Waals surface area (Å²) in [4.78, 5) is 28.0. The van der Waals surface area contributed by atoms with E-state index in [4.69, 9.17) is 16.3 Å². The van der Waals surface area contributed by atoms with Crippen LogP contribution in [0.2, 0.25) is 5.02 Å². The van der Waals surface area contributed by atoms with Gasteiger partial charge in [0, 0.05) is 11.6 Å². The number of nitrogens with one attached hydrogen (secondary N) is 1. The molecule has 2 atom stereocenters. The van der Waals surface area contributed by atoms with E-state index < -0.39 is 17.0 Å². The minimum absolute atomic E-state index is 0.0881. The number of carbonyl (C=O) groups is 2. The summed E-state index contributed by atoms with van der Waals surface area (Å²) in [6.07, 6.45) is -0.754. The molecule has 1 aliphatic carbocycles. The molecule has 1 saturated heterocycles. The number of aromatic nitrogens is 1. The highest BCUT2D eigenvalue weighted by atomic mass is 35.5. The van der Waals surface area contributed by atoms with Crippen LogP contribution >= 0.6 is 23.4 Å². The van der Waals surface area contributed by atoms with Crippen LogP contribution in [-0.4, -0.2) is 21.4 Å². The highest BCUT2D eigenvalue weighted by molar-refractivity contribution is 8.15. The Hall–Kier alpha value is -2.26. The van der Waals surface area contributed by atoms with Gasteiger partial charge in [-0.15, -0.1) is 0 Å². The molecule has 4 rings (SSSR count). The molecule has 5 nitrogen and oxygen atoms in total. The van der Waals surface area contributed by atoms with Gasteiger partial charge in [0.15, 0.2) is 0 Å². The lowest BCUT2D eigenvalue weighted by Crippen LogP contribution is -2.30. The molecule has 2 heterocycles. The van der Waals surface area contributed by atoms with Crippen LogP contribution in [0.15, 0.2) is 30.5 Å². The van der Waals surface area contributed by atoms with Crippen LogP contribution in [0.3, 0.4) is 0 Å². The zero-order valence-electron chi connectivity index (χ0n) is 14.8. The molecule has 0 spiro atoms. The lowest BCUT2D eigenvalue weighted by Gasteiger charge is -2.27. The summed E-state index contributed by atoms with van der Waals surface area (Å²) in [6, 6.07) is 4.63. The summed E-state index contributed by atoms with van der Waals surface area (Å²) in [5.41, 5.74) is 0.766. The smallest absolute Gasteiger partial charge is 0.416 e. The van der Waals surface area contributed by atoms with Gasteiger partial charge < -0.3 is 4.74 Å². The predicted octanol–water partition coefficient (Wildman–Crippen LogP) is 5.32. The highest BCUT2D eigenvalue weighted by Gasteiger charge is 2.41. The minimum Gasteiger partial charge on any atom is -0.454 e. The van der Waals surface area contributed by atoms with E-state index in [-0.39, 0.29) is 27.8 Å². The number of benzene rings is 1. The average molecular weight is 443 g/mol. The van der Waals surface area contributed by atoms with Crippen molar-refractivity contribution in [1.82, 2.24) is 10.3 Å². The molecular formula is C19H14ClF3N2O3S. The van der Waals surface area contributed by atoms with Gasteiger partial charge in [-0.3, -0.25) is 19.9 Å². The van der Waals surface area contributed by atoms with Crippen molar-refractivity contribution in [1.29, 1.82) is 0 Å². The first-order valence-corrected chi connectivity index (χ1v) is 10.0. The number of ether oxygens (including phenoxy) is 1. The Balaban J connectivity index is 1.57. The second kappa shape index (κ2) is 7.53. The zero-order valence-corrected chi connectivity index (χ0v) is 16.3. The molecule has 1 aliphatic heterocycles. The molecule has 0 bridgehead atoms.